The quantitative estimate of drug-likeness (QED) is 0.785. The van der Waals surface area contributed by atoms with E-state index in [0.717, 1.165) is 16.8 Å². The summed E-state index contributed by atoms with van der Waals surface area (Å²) < 4.78 is 0. The van der Waals surface area contributed by atoms with Crippen molar-refractivity contribution in [2.24, 2.45) is 0 Å². The highest BCUT2D eigenvalue weighted by molar-refractivity contribution is 6.07. The number of para-hydroxylation sites is 1. The second-order valence-corrected chi connectivity index (χ2v) is 5.61. The molecule has 1 heterocycles. The van der Waals surface area contributed by atoms with E-state index in [1.807, 2.05) is 66.4 Å². The van der Waals surface area contributed by atoms with Crippen molar-refractivity contribution < 1.29 is 4.79 Å². The van der Waals surface area contributed by atoms with Gasteiger partial charge in [0.05, 0.1) is 12.0 Å². The first-order valence-corrected chi connectivity index (χ1v) is 7.05. The molecule has 1 amide bonds. The lowest BCUT2D eigenvalue weighted by molar-refractivity contribution is -0.122. The monoisotopic (exact) mass is 275 g/mol. The van der Waals surface area contributed by atoms with Crippen molar-refractivity contribution in [3.8, 4) is 12.3 Å². The number of fused-ring (bicyclic) bond motifs is 1. The summed E-state index contributed by atoms with van der Waals surface area (Å²) >= 11 is 0. The summed E-state index contributed by atoms with van der Waals surface area (Å²) in [6.07, 6.45) is 5.91. The zero-order chi connectivity index (χ0) is 14.9. The highest BCUT2D eigenvalue weighted by Gasteiger charge is 2.46. The largest absolute Gasteiger partial charge is 0.307 e. The molecule has 21 heavy (non-hydrogen) atoms. The molecule has 0 N–H and O–H groups in total. The number of amides is 1. The molecular weight excluding hydrogens is 258 g/mol. The molecule has 1 atom stereocenters. The highest BCUT2D eigenvalue weighted by Crippen LogP contribution is 2.44. The van der Waals surface area contributed by atoms with Crippen LogP contribution in [-0.4, -0.2) is 5.91 Å². The van der Waals surface area contributed by atoms with Crippen LogP contribution in [0, 0.1) is 12.3 Å². The Morgan fingerprint density at radius 2 is 1.76 bits per heavy atom. The summed E-state index contributed by atoms with van der Waals surface area (Å²) in [5.41, 5.74) is 2.51. The van der Waals surface area contributed by atoms with Crippen molar-refractivity contribution >= 4 is 11.6 Å². The van der Waals surface area contributed by atoms with Gasteiger partial charge in [0.2, 0.25) is 5.91 Å². The molecule has 0 bridgehead atoms. The van der Waals surface area contributed by atoms with E-state index < -0.39 is 5.41 Å². The SMILES string of the molecule is C#CCC1(C)C(=O)N(Cc2ccccc2)c2ccccc21. The van der Waals surface area contributed by atoms with Gasteiger partial charge in [0.15, 0.2) is 0 Å². The molecule has 1 aliphatic rings. The van der Waals surface area contributed by atoms with Crippen molar-refractivity contribution in [2.45, 2.75) is 25.3 Å². The molecule has 2 aromatic carbocycles. The Labute approximate surface area is 125 Å². The van der Waals surface area contributed by atoms with Crippen LogP contribution < -0.4 is 4.90 Å². The second kappa shape index (κ2) is 5.10. The Morgan fingerprint density at radius 1 is 1.10 bits per heavy atom. The predicted molar refractivity (Wildman–Crippen MR) is 84.9 cm³/mol. The van der Waals surface area contributed by atoms with E-state index >= 15 is 0 Å². The van der Waals surface area contributed by atoms with Crippen molar-refractivity contribution in [1.82, 2.24) is 0 Å². The first-order chi connectivity index (χ1) is 10.2. The van der Waals surface area contributed by atoms with Gasteiger partial charge in [0.1, 0.15) is 0 Å². The molecule has 104 valence electrons. The average molecular weight is 275 g/mol. The summed E-state index contributed by atoms with van der Waals surface area (Å²) in [4.78, 5) is 14.8. The summed E-state index contributed by atoms with van der Waals surface area (Å²) in [6.45, 7) is 2.52. The van der Waals surface area contributed by atoms with Crippen LogP contribution in [0.25, 0.3) is 0 Å². The fourth-order valence-corrected chi connectivity index (χ4v) is 3.00. The Balaban J connectivity index is 2.03. The molecule has 2 heteroatoms. The van der Waals surface area contributed by atoms with Crippen LogP contribution in [0.2, 0.25) is 0 Å². The number of nitrogens with zero attached hydrogens (tertiary/aromatic N) is 1. The van der Waals surface area contributed by atoms with Gasteiger partial charge in [0, 0.05) is 12.1 Å². The number of carbonyl (C=O) groups is 1. The number of hydrogen-bond donors (Lipinski definition) is 0. The van der Waals surface area contributed by atoms with E-state index in [0.29, 0.717) is 13.0 Å². The molecule has 2 aromatic rings. The van der Waals surface area contributed by atoms with Crippen LogP contribution in [0.1, 0.15) is 24.5 Å². The van der Waals surface area contributed by atoms with Gasteiger partial charge >= 0.3 is 0 Å². The highest BCUT2D eigenvalue weighted by atomic mass is 16.2. The second-order valence-electron chi connectivity index (χ2n) is 5.61. The Kier molecular flexibility index (Phi) is 3.27. The van der Waals surface area contributed by atoms with Gasteiger partial charge in [-0.15, -0.1) is 12.3 Å². The number of benzene rings is 2. The van der Waals surface area contributed by atoms with Gasteiger partial charge in [0.25, 0.3) is 0 Å². The van der Waals surface area contributed by atoms with Crippen LogP contribution in [0.5, 0.6) is 0 Å². The van der Waals surface area contributed by atoms with Gasteiger partial charge in [-0.1, -0.05) is 48.5 Å². The van der Waals surface area contributed by atoms with Crippen molar-refractivity contribution in [3.05, 3.63) is 65.7 Å². The predicted octanol–water partition coefficient (Wildman–Crippen LogP) is 3.51. The van der Waals surface area contributed by atoms with Gasteiger partial charge in [-0.05, 0) is 24.1 Å². The van der Waals surface area contributed by atoms with E-state index in [2.05, 4.69) is 5.92 Å². The lowest BCUT2D eigenvalue weighted by Crippen LogP contribution is -2.37. The van der Waals surface area contributed by atoms with Crippen molar-refractivity contribution in [2.75, 3.05) is 4.90 Å². The number of anilines is 1. The minimum atomic E-state index is -0.611. The zero-order valence-electron chi connectivity index (χ0n) is 12.0. The van der Waals surface area contributed by atoms with Crippen molar-refractivity contribution in [1.29, 1.82) is 0 Å². The van der Waals surface area contributed by atoms with E-state index in [1.165, 1.54) is 0 Å². The van der Waals surface area contributed by atoms with Crippen LogP contribution in [0.15, 0.2) is 54.6 Å². The third-order valence-corrected chi connectivity index (χ3v) is 4.15. The van der Waals surface area contributed by atoms with Crippen LogP contribution in [-0.2, 0) is 16.8 Å². The first-order valence-electron chi connectivity index (χ1n) is 7.05. The number of rotatable bonds is 3. The number of carbonyl (C=O) groups excluding carboxylic acids is 1. The smallest absolute Gasteiger partial charge is 0.238 e. The van der Waals surface area contributed by atoms with Crippen LogP contribution in [0.4, 0.5) is 5.69 Å². The third kappa shape index (κ3) is 2.11. The summed E-state index contributed by atoms with van der Waals surface area (Å²) in [7, 11) is 0. The molecule has 3 rings (SSSR count). The van der Waals surface area contributed by atoms with E-state index in [-0.39, 0.29) is 5.91 Å². The normalized spacial score (nSPS) is 20.2. The fourth-order valence-electron chi connectivity index (χ4n) is 3.00. The molecule has 0 saturated heterocycles. The number of hydrogen-bond acceptors (Lipinski definition) is 1. The molecule has 1 unspecified atom stereocenters. The minimum absolute atomic E-state index is 0.0884. The van der Waals surface area contributed by atoms with Gasteiger partial charge in [-0.25, -0.2) is 0 Å². The average Bonchev–Trinajstić information content (AvgIpc) is 2.72. The molecule has 0 aliphatic carbocycles. The fraction of sp³-hybridized carbons (Fsp3) is 0.211. The Bertz CT molecular complexity index is 714. The lowest BCUT2D eigenvalue weighted by atomic mass is 9.81. The van der Waals surface area contributed by atoms with Gasteiger partial charge in [-0.3, -0.25) is 4.79 Å². The zero-order valence-corrected chi connectivity index (χ0v) is 12.0. The van der Waals surface area contributed by atoms with E-state index in [9.17, 15) is 4.79 Å². The van der Waals surface area contributed by atoms with Crippen LogP contribution in [0.3, 0.4) is 0 Å². The summed E-state index contributed by atoms with van der Waals surface area (Å²) in [5.74, 6) is 2.75. The summed E-state index contributed by atoms with van der Waals surface area (Å²) in [5, 5.41) is 0. The Hall–Kier alpha value is -2.53. The Morgan fingerprint density at radius 3 is 2.48 bits per heavy atom. The van der Waals surface area contributed by atoms with E-state index in [4.69, 9.17) is 6.42 Å². The summed E-state index contributed by atoms with van der Waals surface area (Å²) in [6, 6.07) is 18.0. The third-order valence-electron chi connectivity index (χ3n) is 4.15. The standard InChI is InChI=1S/C19H17NO/c1-3-13-19(2)16-11-7-8-12-17(16)20(18(19)21)14-15-9-5-4-6-10-15/h1,4-12H,13-14H2,2H3. The minimum Gasteiger partial charge on any atom is -0.307 e. The molecule has 1 aliphatic heterocycles. The molecule has 0 saturated carbocycles. The molecular formula is C19H17NO. The lowest BCUT2D eigenvalue weighted by Gasteiger charge is -2.22. The maximum atomic E-state index is 12.9. The maximum Gasteiger partial charge on any atom is 0.238 e. The van der Waals surface area contributed by atoms with E-state index in [1.54, 1.807) is 0 Å². The first kappa shape index (κ1) is 13.5. The molecule has 0 radical (unpaired) electrons. The molecule has 2 nitrogen and oxygen atoms in total. The van der Waals surface area contributed by atoms with Gasteiger partial charge in [-0.2, -0.15) is 0 Å². The molecule has 0 spiro atoms. The topological polar surface area (TPSA) is 20.3 Å². The van der Waals surface area contributed by atoms with Crippen LogP contribution >= 0.6 is 0 Å². The molecule has 0 aromatic heterocycles. The molecule has 0 fully saturated rings. The van der Waals surface area contributed by atoms with Gasteiger partial charge < -0.3 is 4.90 Å². The maximum absolute atomic E-state index is 12.9. The van der Waals surface area contributed by atoms with Crippen molar-refractivity contribution in [3.63, 3.8) is 0 Å². The number of terminal acetylenes is 1.